The van der Waals surface area contributed by atoms with Crippen molar-refractivity contribution in [2.45, 2.75) is 0 Å². The van der Waals surface area contributed by atoms with Crippen LogP contribution in [0.3, 0.4) is 0 Å². The minimum absolute atomic E-state index is 0.799. The summed E-state index contributed by atoms with van der Waals surface area (Å²) in [6.45, 7) is 0. The van der Waals surface area contributed by atoms with Crippen molar-refractivity contribution in [3.05, 3.63) is 188 Å². The molecule has 0 N–H and O–H groups in total. The van der Waals surface area contributed by atoms with Gasteiger partial charge in [-0.1, -0.05) is 133 Å². The highest BCUT2D eigenvalue weighted by Gasteiger charge is 2.25. The molecule has 0 radical (unpaired) electrons. The lowest BCUT2D eigenvalue weighted by Crippen LogP contribution is -2.10. The molecule has 262 valence electrons. The summed E-state index contributed by atoms with van der Waals surface area (Å²) >= 11 is 0. The fourth-order valence-corrected chi connectivity index (χ4v) is 8.71. The maximum Gasteiger partial charge on any atom is 0.144 e. The predicted octanol–water partition coefficient (Wildman–Crippen LogP) is 15.3. The molecule has 0 aliphatic heterocycles. The Balaban J connectivity index is 1.13. The van der Waals surface area contributed by atoms with Crippen molar-refractivity contribution in [3.63, 3.8) is 0 Å². The van der Waals surface area contributed by atoms with Gasteiger partial charge >= 0.3 is 0 Å². The summed E-state index contributed by atoms with van der Waals surface area (Å²) in [5.74, 6) is 0. The van der Waals surface area contributed by atoms with Crippen LogP contribution in [0.1, 0.15) is 0 Å². The van der Waals surface area contributed by atoms with Gasteiger partial charge in [0.15, 0.2) is 0 Å². The molecule has 0 aliphatic rings. The van der Waals surface area contributed by atoms with Crippen molar-refractivity contribution >= 4 is 93.7 Å². The molecule has 3 aromatic heterocycles. The lowest BCUT2D eigenvalue weighted by molar-refractivity contribution is 0.662. The molecule has 0 fully saturated rings. The predicted molar refractivity (Wildman–Crippen MR) is 231 cm³/mol. The van der Waals surface area contributed by atoms with Crippen LogP contribution in [-0.2, 0) is 0 Å². The second-order valence-corrected chi connectivity index (χ2v) is 14.4. The Kier molecular flexibility index (Phi) is 6.60. The smallest absolute Gasteiger partial charge is 0.144 e. The molecule has 0 saturated heterocycles. The highest BCUT2D eigenvalue weighted by Crippen LogP contribution is 2.49. The maximum atomic E-state index is 6.97. The number of nitrogens with zero attached hydrogens (tertiary/aromatic N) is 1. The summed E-state index contributed by atoms with van der Waals surface area (Å²) in [4.78, 5) is 2.35. The van der Waals surface area contributed by atoms with Crippen LogP contribution in [0.25, 0.3) is 98.8 Å². The first kappa shape index (κ1) is 30.9. The van der Waals surface area contributed by atoms with Crippen molar-refractivity contribution in [3.8, 4) is 22.3 Å². The summed E-state index contributed by atoms with van der Waals surface area (Å²) in [5, 5.41) is 8.54. The number of hydrogen-bond acceptors (Lipinski definition) is 4. The number of hydrogen-bond donors (Lipinski definition) is 0. The van der Waals surface area contributed by atoms with E-state index in [1.807, 2.05) is 24.3 Å². The average molecular weight is 718 g/mol. The number of para-hydroxylation sites is 3. The van der Waals surface area contributed by atoms with Gasteiger partial charge in [0.2, 0.25) is 0 Å². The third-order valence-electron chi connectivity index (χ3n) is 11.3. The van der Waals surface area contributed by atoms with Crippen molar-refractivity contribution in [1.82, 2.24) is 0 Å². The second kappa shape index (κ2) is 12.0. The third-order valence-corrected chi connectivity index (χ3v) is 11.3. The SMILES string of the molecule is c1ccc(-c2ccc(N(c3ccc4oc5c(-c6cccc7c6oc6ccccc67)c6c(cc5c4c3)oc3ccccc36)c3cccc4ccccc34)cc2)cc1. The van der Waals surface area contributed by atoms with E-state index >= 15 is 0 Å². The van der Waals surface area contributed by atoms with Gasteiger partial charge in [0.25, 0.3) is 0 Å². The molecular weight excluding hydrogens is 687 g/mol. The first-order valence-corrected chi connectivity index (χ1v) is 18.9. The van der Waals surface area contributed by atoms with Gasteiger partial charge in [0, 0.05) is 60.2 Å². The molecule has 0 atom stereocenters. The standard InChI is InChI=1S/C52H31NO3/c1-2-12-32(13-3-1)33-24-26-35(27-25-33)53(44-21-10-15-34-14-4-5-16-37(34)44)36-28-29-47-42(30-36)43-31-48-49(40-18-7-9-23-46(40)54-48)50(52(43)56-47)41-20-11-19-39-38-17-6-8-22-45(38)55-51(39)41/h1-31H. The Morgan fingerprint density at radius 3 is 1.82 bits per heavy atom. The Hall–Kier alpha value is -7.56. The van der Waals surface area contributed by atoms with Gasteiger partial charge in [-0.05, 0) is 71.1 Å². The molecule has 4 heteroatoms. The van der Waals surface area contributed by atoms with Crippen molar-refractivity contribution in [2.24, 2.45) is 0 Å². The minimum atomic E-state index is 0.799. The second-order valence-electron chi connectivity index (χ2n) is 14.4. The van der Waals surface area contributed by atoms with E-state index in [0.717, 1.165) is 94.0 Å². The van der Waals surface area contributed by atoms with Crippen LogP contribution in [0.5, 0.6) is 0 Å². The molecule has 56 heavy (non-hydrogen) atoms. The van der Waals surface area contributed by atoms with Gasteiger partial charge in [0.05, 0.1) is 5.69 Å². The molecule has 0 saturated carbocycles. The third kappa shape index (κ3) is 4.60. The van der Waals surface area contributed by atoms with E-state index in [2.05, 4.69) is 169 Å². The van der Waals surface area contributed by atoms with E-state index in [4.69, 9.17) is 13.3 Å². The van der Waals surface area contributed by atoms with Gasteiger partial charge in [-0.25, -0.2) is 0 Å². The van der Waals surface area contributed by atoms with Crippen LogP contribution in [0.4, 0.5) is 17.1 Å². The van der Waals surface area contributed by atoms with E-state index in [1.165, 1.54) is 21.9 Å². The van der Waals surface area contributed by atoms with Gasteiger partial charge in [0.1, 0.15) is 33.5 Å². The summed E-state index contributed by atoms with van der Waals surface area (Å²) in [7, 11) is 0. The molecule has 0 bridgehead atoms. The van der Waals surface area contributed by atoms with E-state index in [1.54, 1.807) is 0 Å². The topological polar surface area (TPSA) is 42.7 Å². The van der Waals surface area contributed by atoms with Crippen molar-refractivity contribution < 1.29 is 13.3 Å². The number of benzene rings is 9. The van der Waals surface area contributed by atoms with Crippen molar-refractivity contribution in [1.29, 1.82) is 0 Å². The summed E-state index contributed by atoms with van der Waals surface area (Å²) in [6, 6.07) is 66.0. The largest absolute Gasteiger partial charge is 0.456 e. The molecule has 4 nitrogen and oxygen atoms in total. The van der Waals surface area contributed by atoms with Crippen LogP contribution in [0.2, 0.25) is 0 Å². The van der Waals surface area contributed by atoms with Gasteiger partial charge in [-0.3, -0.25) is 0 Å². The molecule has 12 rings (SSSR count). The monoisotopic (exact) mass is 717 g/mol. The lowest BCUT2D eigenvalue weighted by atomic mass is 9.95. The fraction of sp³-hybridized carbons (Fsp3) is 0. The zero-order valence-electron chi connectivity index (χ0n) is 30.1. The van der Waals surface area contributed by atoms with Crippen LogP contribution in [0.15, 0.2) is 201 Å². The number of anilines is 3. The molecule has 0 aliphatic carbocycles. The Bertz CT molecular complexity index is 3470. The highest BCUT2D eigenvalue weighted by molar-refractivity contribution is 6.26. The number of furan rings is 3. The van der Waals surface area contributed by atoms with E-state index in [-0.39, 0.29) is 0 Å². The molecule has 0 spiro atoms. The maximum absolute atomic E-state index is 6.97. The summed E-state index contributed by atoms with van der Waals surface area (Å²) in [6.07, 6.45) is 0. The van der Waals surface area contributed by atoms with Crippen LogP contribution in [0, 0.1) is 0 Å². The first-order valence-electron chi connectivity index (χ1n) is 18.9. The van der Waals surface area contributed by atoms with E-state index < -0.39 is 0 Å². The first-order chi connectivity index (χ1) is 27.8. The van der Waals surface area contributed by atoms with Crippen LogP contribution in [-0.4, -0.2) is 0 Å². The molecule has 0 unspecified atom stereocenters. The Morgan fingerprint density at radius 1 is 0.339 bits per heavy atom. The quantitative estimate of drug-likeness (QED) is 0.178. The van der Waals surface area contributed by atoms with Gasteiger partial charge < -0.3 is 18.2 Å². The number of fused-ring (bicyclic) bond motifs is 10. The molecule has 0 amide bonds. The highest BCUT2D eigenvalue weighted by atomic mass is 16.3. The molecular formula is C52H31NO3. The molecule has 12 aromatic rings. The van der Waals surface area contributed by atoms with E-state index in [9.17, 15) is 0 Å². The van der Waals surface area contributed by atoms with Crippen LogP contribution < -0.4 is 4.90 Å². The fourth-order valence-electron chi connectivity index (χ4n) is 8.71. The van der Waals surface area contributed by atoms with E-state index in [0.29, 0.717) is 0 Å². The summed E-state index contributed by atoms with van der Waals surface area (Å²) in [5.41, 5.74) is 12.4. The van der Waals surface area contributed by atoms with Gasteiger partial charge in [-0.15, -0.1) is 0 Å². The van der Waals surface area contributed by atoms with Gasteiger partial charge in [-0.2, -0.15) is 0 Å². The van der Waals surface area contributed by atoms with Crippen molar-refractivity contribution in [2.75, 3.05) is 4.90 Å². The zero-order valence-corrected chi connectivity index (χ0v) is 30.1. The lowest BCUT2D eigenvalue weighted by Gasteiger charge is -2.27. The molecule has 9 aromatic carbocycles. The Morgan fingerprint density at radius 2 is 0.964 bits per heavy atom. The Labute approximate surface area is 321 Å². The zero-order chi connectivity index (χ0) is 36.7. The normalized spacial score (nSPS) is 11.9. The average Bonchev–Trinajstić information content (AvgIpc) is 3.95. The van der Waals surface area contributed by atoms with Crippen LogP contribution >= 0.6 is 0 Å². The minimum Gasteiger partial charge on any atom is -0.456 e. The summed E-state index contributed by atoms with van der Waals surface area (Å²) < 4.78 is 20.2. The number of rotatable bonds is 5. The molecule has 3 heterocycles.